The monoisotopic (exact) mass is 523 g/mol. The van der Waals surface area contributed by atoms with Gasteiger partial charge < -0.3 is 15.3 Å². The molecule has 38 heavy (non-hydrogen) atoms. The molecule has 2 saturated heterocycles. The van der Waals surface area contributed by atoms with E-state index in [1.807, 2.05) is 11.8 Å². The zero-order valence-corrected chi connectivity index (χ0v) is 21.7. The van der Waals surface area contributed by atoms with Crippen molar-refractivity contribution < 1.29 is 13.9 Å². The Morgan fingerprint density at radius 2 is 2.00 bits per heavy atom. The van der Waals surface area contributed by atoms with Crippen molar-refractivity contribution >= 4 is 5.95 Å². The van der Waals surface area contributed by atoms with Crippen molar-refractivity contribution in [2.75, 3.05) is 4.90 Å². The maximum atomic E-state index is 16.0. The maximum absolute atomic E-state index is 16.0. The predicted molar refractivity (Wildman–Crippen MR) is 138 cm³/mol. The van der Waals surface area contributed by atoms with E-state index < -0.39 is 23.2 Å². The molecule has 2 aliphatic heterocycles. The number of phenolic OH excluding ortho intramolecular Hbond substituents is 1. The molecule has 9 nitrogen and oxygen atoms in total. The summed E-state index contributed by atoms with van der Waals surface area (Å²) < 4.78 is 31.4. The lowest BCUT2D eigenvalue weighted by Gasteiger charge is -2.57. The molecule has 0 unspecified atom stereocenters. The molecule has 3 fully saturated rings. The van der Waals surface area contributed by atoms with Crippen LogP contribution >= 0.6 is 0 Å². The van der Waals surface area contributed by atoms with Crippen molar-refractivity contribution in [2.45, 2.75) is 81.7 Å². The standard InChI is InChI=1S/C27H31F2N7O2/c1-26-9-4-10-27(2,34-26)23(29)20(12-26)36(16-6-7-16)24-30-13-19(32-33-24)17-8-5-15(11-21(17)37)22-18(28)14-35(3)25(38)31-22/h5,8,11,13-14,16,20,23,34,37H,4,6-7,9-10,12H2,1-3H3/t20-,23-,26-,27+/m0/s1. The van der Waals surface area contributed by atoms with Gasteiger partial charge in [-0.2, -0.15) is 4.98 Å². The average Bonchev–Trinajstić information content (AvgIpc) is 3.70. The molecule has 1 aromatic carbocycles. The lowest BCUT2D eigenvalue weighted by molar-refractivity contribution is 0.0000874. The molecule has 1 saturated carbocycles. The Hall–Kier alpha value is -3.47. The highest BCUT2D eigenvalue weighted by Crippen LogP contribution is 2.46. The minimum Gasteiger partial charge on any atom is -0.507 e. The number of aromatic nitrogens is 5. The molecule has 6 rings (SSSR count). The van der Waals surface area contributed by atoms with Crippen molar-refractivity contribution in [1.29, 1.82) is 0 Å². The summed E-state index contributed by atoms with van der Waals surface area (Å²) in [5.74, 6) is -0.470. The summed E-state index contributed by atoms with van der Waals surface area (Å²) in [6.07, 6.45) is 6.90. The van der Waals surface area contributed by atoms with Gasteiger partial charge in [0.25, 0.3) is 0 Å². The van der Waals surface area contributed by atoms with Gasteiger partial charge in [0.15, 0.2) is 5.82 Å². The second kappa shape index (κ2) is 8.79. The Morgan fingerprint density at radius 3 is 2.68 bits per heavy atom. The molecule has 0 spiro atoms. The molecule has 0 amide bonds. The highest BCUT2D eigenvalue weighted by Gasteiger charge is 2.56. The highest BCUT2D eigenvalue weighted by atomic mass is 19.1. The van der Waals surface area contributed by atoms with Gasteiger partial charge in [-0.25, -0.2) is 18.6 Å². The smallest absolute Gasteiger partial charge is 0.348 e. The van der Waals surface area contributed by atoms with Crippen LogP contribution in [0.2, 0.25) is 0 Å². The first kappa shape index (κ1) is 24.8. The van der Waals surface area contributed by atoms with Crippen molar-refractivity contribution in [3.8, 4) is 28.3 Å². The molecule has 11 heteroatoms. The van der Waals surface area contributed by atoms with E-state index in [0.29, 0.717) is 23.6 Å². The number of aromatic hydroxyl groups is 1. The van der Waals surface area contributed by atoms with E-state index in [1.54, 1.807) is 12.1 Å². The van der Waals surface area contributed by atoms with Crippen LogP contribution in [-0.2, 0) is 7.05 Å². The Labute approximate surface area is 219 Å². The SMILES string of the molecule is Cn1cc(F)c(-c2ccc(-c3cnc(N(C4CC4)[C@H]4C[C@]5(C)CCC[C@@](C)(N5)[C@H]4F)nn3)c(O)c2)nc1=O. The zero-order valence-electron chi connectivity index (χ0n) is 21.7. The van der Waals surface area contributed by atoms with E-state index >= 15 is 4.39 Å². The average molecular weight is 524 g/mol. The minimum absolute atomic E-state index is 0.133. The number of alkyl halides is 1. The van der Waals surface area contributed by atoms with Gasteiger partial charge in [-0.1, -0.05) is 6.07 Å². The number of phenols is 1. The molecule has 3 aromatic rings. The number of hydrogen-bond donors (Lipinski definition) is 2. The molecule has 2 bridgehead atoms. The first-order valence-corrected chi connectivity index (χ1v) is 13.1. The number of rotatable bonds is 5. The summed E-state index contributed by atoms with van der Waals surface area (Å²) >= 11 is 0. The lowest BCUT2D eigenvalue weighted by atomic mass is 9.68. The number of hydrogen-bond acceptors (Lipinski definition) is 8. The predicted octanol–water partition coefficient (Wildman–Crippen LogP) is 3.51. The Kier molecular flexibility index (Phi) is 5.75. The van der Waals surface area contributed by atoms with Crippen LogP contribution in [0, 0.1) is 5.82 Å². The van der Waals surface area contributed by atoms with Gasteiger partial charge in [-0.15, -0.1) is 10.2 Å². The number of piperidine rings is 2. The second-order valence-electron chi connectivity index (χ2n) is 11.5. The van der Waals surface area contributed by atoms with Gasteiger partial charge in [0.2, 0.25) is 5.95 Å². The van der Waals surface area contributed by atoms with E-state index in [-0.39, 0.29) is 34.6 Å². The summed E-state index contributed by atoms with van der Waals surface area (Å²) in [6.45, 7) is 4.16. The van der Waals surface area contributed by atoms with E-state index in [2.05, 4.69) is 32.4 Å². The number of nitrogens with one attached hydrogen (secondary N) is 1. The third kappa shape index (κ3) is 4.22. The van der Waals surface area contributed by atoms with Gasteiger partial charge in [0.1, 0.15) is 23.3 Å². The van der Waals surface area contributed by atoms with Crippen molar-refractivity contribution in [3.63, 3.8) is 0 Å². The number of aryl methyl sites for hydroxylation is 1. The van der Waals surface area contributed by atoms with Gasteiger partial charge in [0, 0.05) is 41.5 Å². The fourth-order valence-corrected chi connectivity index (χ4v) is 6.31. The van der Waals surface area contributed by atoms with Crippen LogP contribution in [0.3, 0.4) is 0 Å². The Morgan fingerprint density at radius 1 is 1.21 bits per heavy atom. The third-order valence-electron chi connectivity index (χ3n) is 8.29. The first-order chi connectivity index (χ1) is 18.1. The van der Waals surface area contributed by atoms with Gasteiger partial charge in [-0.05, 0) is 64.5 Å². The largest absolute Gasteiger partial charge is 0.507 e. The number of fused-ring (bicyclic) bond motifs is 2. The maximum Gasteiger partial charge on any atom is 0.348 e. The van der Waals surface area contributed by atoms with Crippen LogP contribution < -0.4 is 15.9 Å². The fraction of sp³-hybridized carbons (Fsp3) is 0.519. The third-order valence-corrected chi connectivity index (χ3v) is 8.29. The molecule has 0 radical (unpaired) electrons. The summed E-state index contributed by atoms with van der Waals surface area (Å²) in [5.41, 5.74) is -0.541. The van der Waals surface area contributed by atoms with Gasteiger partial charge in [0.05, 0.1) is 12.2 Å². The molecule has 2 N–H and O–H groups in total. The van der Waals surface area contributed by atoms with Gasteiger partial charge >= 0.3 is 5.69 Å². The summed E-state index contributed by atoms with van der Waals surface area (Å²) in [4.78, 5) is 22.2. The van der Waals surface area contributed by atoms with Crippen LogP contribution in [0.4, 0.5) is 14.7 Å². The van der Waals surface area contributed by atoms with Crippen LogP contribution in [0.5, 0.6) is 5.75 Å². The molecular weight excluding hydrogens is 492 g/mol. The molecule has 4 atom stereocenters. The molecule has 1 aliphatic carbocycles. The van der Waals surface area contributed by atoms with Crippen molar-refractivity contribution in [2.24, 2.45) is 7.05 Å². The molecule has 4 heterocycles. The van der Waals surface area contributed by atoms with Crippen molar-refractivity contribution in [3.05, 3.63) is 46.9 Å². The lowest BCUT2D eigenvalue weighted by Crippen LogP contribution is -2.73. The Balaban J connectivity index is 1.29. The van der Waals surface area contributed by atoms with Crippen LogP contribution in [0.15, 0.2) is 35.4 Å². The second-order valence-corrected chi connectivity index (χ2v) is 11.5. The topological polar surface area (TPSA) is 109 Å². The molecule has 3 aliphatic rings. The zero-order chi connectivity index (χ0) is 26.8. The number of halogens is 2. The molecule has 200 valence electrons. The van der Waals surface area contributed by atoms with Gasteiger partial charge in [-0.3, -0.25) is 4.57 Å². The van der Waals surface area contributed by atoms with Crippen LogP contribution in [0.1, 0.15) is 52.4 Å². The number of nitrogens with zero attached hydrogens (tertiary/aromatic N) is 6. The molecular formula is C27H31F2N7O2. The first-order valence-electron chi connectivity index (χ1n) is 13.1. The summed E-state index contributed by atoms with van der Waals surface area (Å²) in [7, 11) is 1.41. The van der Waals surface area contributed by atoms with E-state index in [1.165, 1.54) is 19.3 Å². The minimum atomic E-state index is -1.07. The van der Waals surface area contributed by atoms with Crippen LogP contribution in [0.25, 0.3) is 22.5 Å². The van der Waals surface area contributed by atoms with E-state index in [0.717, 1.165) is 42.9 Å². The van der Waals surface area contributed by atoms with E-state index in [4.69, 9.17) is 0 Å². The Bertz CT molecular complexity index is 1440. The quantitative estimate of drug-likeness (QED) is 0.523. The van der Waals surface area contributed by atoms with Crippen LogP contribution in [-0.4, -0.2) is 59.2 Å². The molecule has 2 aromatic heterocycles. The highest BCUT2D eigenvalue weighted by molar-refractivity contribution is 5.72. The summed E-state index contributed by atoms with van der Waals surface area (Å²) in [5, 5.41) is 23.0. The number of anilines is 1. The van der Waals surface area contributed by atoms with Crippen molar-refractivity contribution in [1.82, 2.24) is 30.0 Å². The normalized spacial score (nSPS) is 28.8. The van der Waals surface area contributed by atoms with E-state index in [9.17, 15) is 14.3 Å². The summed E-state index contributed by atoms with van der Waals surface area (Å²) in [6, 6.07) is 4.27. The fourth-order valence-electron chi connectivity index (χ4n) is 6.31. The number of benzene rings is 1.